The highest BCUT2D eigenvalue weighted by molar-refractivity contribution is 5.96. The van der Waals surface area contributed by atoms with Gasteiger partial charge in [0.25, 0.3) is 5.91 Å². The minimum Gasteiger partial charge on any atom is -0.376 e. The van der Waals surface area contributed by atoms with Crippen LogP contribution in [-0.4, -0.2) is 36.3 Å². The van der Waals surface area contributed by atoms with Crippen molar-refractivity contribution in [1.29, 1.82) is 0 Å². The largest absolute Gasteiger partial charge is 0.376 e. The first-order valence-electron chi connectivity index (χ1n) is 8.30. The van der Waals surface area contributed by atoms with Crippen molar-refractivity contribution < 1.29 is 14.0 Å². The Labute approximate surface area is 145 Å². The molecule has 2 amide bonds. The second kappa shape index (κ2) is 7.79. The zero-order valence-electron chi connectivity index (χ0n) is 13.8. The van der Waals surface area contributed by atoms with Gasteiger partial charge in [0.2, 0.25) is 5.91 Å². The van der Waals surface area contributed by atoms with E-state index in [1.54, 1.807) is 36.4 Å². The normalized spacial score (nSPS) is 13.6. The van der Waals surface area contributed by atoms with E-state index >= 15 is 0 Å². The van der Waals surface area contributed by atoms with Crippen molar-refractivity contribution in [3.63, 3.8) is 0 Å². The summed E-state index contributed by atoms with van der Waals surface area (Å²) in [5.74, 6) is -0.505. The maximum atomic E-state index is 12.8. The molecule has 1 aliphatic rings. The minimum absolute atomic E-state index is 0.0355. The average Bonchev–Trinajstić information content (AvgIpc) is 3.16. The van der Waals surface area contributed by atoms with Crippen LogP contribution in [0.2, 0.25) is 0 Å². The summed E-state index contributed by atoms with van der Waals surface area (Å²) in [6.07, 6.45) is 2.11. The molecule has 0 atom stereocenters. The van der Waals surface area contributed by atoms with Crippen LogP contribution in [0.3, 0.4) is 0 Å². The summed E-state index contributed by atoms with van der Waals surface area (Å²) in [6.45, 7) is 1.69. The molecule has 5 nitrogen and oxygen atoms in total. The molecule has 1 aliphatic heterocycles. The molecule has 0 bridgehead atoms. The van der Waals surface area contributed by atoms with E-state index in [0.717, 1.165) is 25.9 Å². The van der Waals surface area contributed by atoms with E-state index in [1.165, 1.54) is 12.1 Å². The third-order valence-electron chi connectivity index (χ3n) is 4.11. The summed E-state index contributed by atoms with van der Waals surface area (Å²) in [7, 11) is 0. The fourth-order valence-electron chi connectivity index (χ4n) is 2.75. The Kier molecular flexibility index (Phi) is 5.28. The van der Waals surface area contributed by atoms with Crippen LogP contribution >= 0.6 is 0 Å². The van der Waals surface area contributed by atoms with Crippen molar-refractivity contribution >= 4 is 23.2 Å². The summed E-state index contributed by atoms with van der Waals surface area (Å²) >= 11 is 0. The van der Waals surface area contributed by atoms with E-state index < -0.39 is 0 Å². The van der Waals surface area contributed by atoms with Crippen molar-refractivity contribution in [2.24, 2.45) is 0 Å². The van der Waals surface area contributed by atoms with Crippen molar-refractivity contribution in [3.8, 4) is 0 Å². The van der Waals surface area contributed by atoms with Gasteiger partial charge in [0.05, 0.1) is 6.54 Å². The topological polar surface area (TPSA) is 61.4 Å². The number of amides is 2. The van der Waals surface area contributed by atoms with Crippen molar-refractivity contribution in [2.75, 3.05) is 30.3 Å². The number of nitrogens with one attached hydrogen (secondary N) is 2. The molecular weight excluding hydrogens is 321 g/mol. The number of carbonyl (C=O) groups is 2. The van der Waals surface area contributed by atoms with Gasteiger partial charge in [-0.05, 0) is 61.4 Å². The third-order valence-corrected chi connectivity index (χ3v) is 4.11. The van der Waals surface area contributed by atoms with Crippen molar-refractivity contribution in [2.45, 2.75) is 12.8 Å². The molecule has 3 rings (SSSR count). The molecule has 0 aliphatic carbocycles. The third kappa shape index (κ3) is 4.56. The number of carbonyl (C=O) groups excluding carboxylic acids is 2. The van der Waals surface area contributed by atoms with Crippen molar-refractivity contribution in [3.05, 3.63) is 59.9 Å². The SMILES string of the molecule is O=C(CNc1ccc(F)cc1)Nc1ccc(C(=O)N2CCCC2)cc1. The standard InChI is InChI=1S/C19H20FN3O2/c20-15-5-9-16(10-6-15)21-13-18(24)22-17-7-3-14(4-8-17)19(25)23-11-1-2-12-23/h3-10,21H,1-2,11-13H2,(H,22,24). The second-order valence-corrected chi connectivity index (χ2v) is 5.99. The van der Waals surface area contributed by atoms with Gasteiger partial charge in [-0.1, -0.05) is 0 Å². The monoisotopic (exact) mass is 341 g/mol. The van der Waals surface area contributed by atoms with Gasteiger partial charge in [0, 0.05) is 30.0 Å². The lowest BCUT2D eigenvalue weighted by Crippen LogP contribution is -2.27. The van der Waals surface area contributed by atoms with Gasteiger partial charge in [-0.3, -0.25) is 9.59 Å². The van der Waals surface area contributed by atoms with Gasteiger partial charge in [0.1, 0.15) is 5.82 Å². The Balaban J connectivity index is 1.51. The van der Waals surface area contributed by atoms with Gasteiger partial charge < -0.3 is 15.5 Å². The van der Waals surface area contributed by atoms with E-state index in [1.807, 2.05) is 4.90 Å². The molecule has 1 fully saturated rings. The molecule has 0 unspecified atom stereocenters. The summed E-state index contributed by atoms with van der Waals surface area (Å²) in [4.78, 5) is 26.1. The van der Waals surface area contributed by atoms with E-state index in [9.17, 15) is 14.0 Å². The number of hydrogen-bond donors (Lipinski definition) is 2. The van der Waals surface area contributed by atoms with Crippen LogP contribution in [0.1, 0.15) is 23.2 Å². The first kappa shape index (κ1) is 17.0. The molecule has 0 saturated carbocycles. The number of likely N-dealkylation sites (tertiary alicyclic amines) is 1. The van der Waals surface area contributed by atoms with Crippen LogP contribution < -0.4 is 10.6 Å². The smallest absolute Gasteiger partial charge is 0.253 e. The predicted octanol–water partition coefficient (Wildman–Crippen LogP) is 3.11. The minimum atomic E-state index is -0.321. The number of anilines is 2. The highest BCUT2D eigenvalue weighted by Gasteiger charge is 2.19. The molecule has 6 heteroatoms. The van der Waals surface area contributed by atoms with Crippen LogP contribution in [0.4, 0.5) is 15.8 Å². The van der Waals surface area contributed by atoms with Crippen molar-refractivity contribution in [1.82, 2.24) is 4.90 Å². The van der Waals surface area contributed by atoms with Crippen LogP contribution in [0.25, 0.3) is 0 Å². The molecule has 0 spiro atoms. The lowest BCUT2D eigenvalue weighted by atomic mass is 10.2. The quantitative estimate of drug-likeness (QED) is 0.878. The fraction of sp³-hybridized carbons (Fsp3) is 0.263. The van der Waals surface area contributed by atoms with E-state index in [0.29, 0.717) is 16.9 Å². The molecule has 2 aromatic rings. The lowest BCUT2D eigenvalue weighted by Gasteiger charge is -2.15. The van der Waals surface area contributed by atoms with Crippen LogP contribution in [0, 0.1) is 5.82 Å². The van der Waals surface area contributed by atoms with E-state index in [2.05, 4.69) is 10.6 Å². The van der Waals surface area contributed by atoms with Gasteiger partial charge in [-0.25, -0.2) is 4.39 Å². The highest BCUT2D eigenvalue weighted by Crippen LogP contribution is 2.15. The fourth-order valence-corrected chi connectivity index (χ4v) is 2.75. The molecule has 1 saturated heterocycles. The summed E-state index contributed by atoms with van der Waals surface area (Å²) in [5.41, 5.74) is 1.93. The molecule has 2 N–H and O–H groups in total. The summed E-state index contributed by atoms with van der Waals surface area (Å²) < 4.78 is 12.8. The Hall–Kier alpha value is -2.89. The zero-order chi connectivity index (χ0) is 17.6. The average molecular weight is 341 g/mol. The Bertz CT molecular complexity index is 738. The van der Waals surface area contributed by atoms with Crippen LogP contribution in [0.15, 0.2) is 48.5 Å². The number of rotatable bonds is 5. The highest BCUT2D eigenvalue weighted by atomic mass is 19.1. The second-order valence-electron chi connectivity index (χ2n) is 5.99. The number of benzene rings is 2. The molecule has 0 radical (unpaired) electrons. The van der Waals surface area contributed by atoms with E-state index in [4.69, 9.17) is 0 Å². The predicted molar refractivity (Wildman–Crippen MR) is 95.1 cm³/mol. The van der Waals surface area contributed by atoms with Gasteiger partial charge in [0.15, 0.2) is 0 Å². The maximum absolute atomic E-state index is 12.8. The Morgan fingerprint density at radius 2 is 1.52 bits per heavy atom. The number of hydrogen-bond acceptors (Lipinski definition) is 3. The molecular formula is C19H20FN3O2. The van der Waals surface area contributed by atoms with Gasteiger partial charge >= 0.3 is 0 Å². The zero-order valence-corrected chi connectivity index (χ0v) is 13.8. The van der Waals surface area contributed by atoms with E-state index in [-0.39, 0.29) is 24.2 Å². The summed E-state index contributed by atoms with van der Waals surface area (Å²) in [5, 5.41) is 5.68. The molecule has 25 heavy (non-hydrogen) atoms. The molecule has 2 aromatic carbocycles. The van der Waals surface area contributed by atoms with Crippen LogP contribution in [-0.2, 0) is 4.79 Å². The van der Waals surface area contributed by atoms with Gasteiger partial charge in [-0.2, -0.15) is 0 Å². The molecule has 1 heterocycles. The Morgan fingerprint density at radius 3 is 2.16 bits per heavy atom. The molecule has 130 valence electrons. The van der Waals surface area contributed by atoms with Crippen LogP contribution in [0.5, 0.6) is 0 Å². The summed E-state index contributed by atoms with van der Waals surface area (Å²) in [6, 6.07) is 12.7. The Morgan fingerprint density at radius 1 is 0.920 bits per heavy atom. The lowest BCUT2D eigenvalue weighted by molar-refractivity contribution is -0.114. The van der Waals surface area contributed by atoms with Gasteiger partial charge in [-0.15, -0.1) is 0 Å². The number of halogens is 1. The number of nitrogens with zero attached hydrogens (tertiary/aromatic N) is 1. The molecule has 0 aromatic heterocycles. The maximum Gasteiger partial charge on any atom is 0.253 e. The first-order valence-corrected chi connectivity index (χ1v) is 8.30. The first-order chi connectivity index (χ1) is 12.1.